The van der Waals surface area contributed by atoms with Crippen molar-refractivity contribution in [2.45, 2.75) is 25.9 Å². The van der Waals surface area contributed by atoms with Crippen LogP contribution in [0.2, 0.25) is 0 Å². The number of alkyl halides is 3. The van der Waals surface area contributed by atoms with Crippen LogP contribution in [-0.2, 0) is 0 Å². The summed E-state index contributed by atoms with van der Waals surface area (Å²) in [6, 6.07) is 1.72. The number of hydrogen-bond acceptors (Lipinski definition) is 3. The van der Waals surface area contributed by atoms with Crippen molar-refractivity contribution < 1.29 is 27.3 Å². The Morgan fingerprint density at radius 1 is 1.38 bits per heavy atom. The van der Waals surface area contributed by atoms with Gasteiger partial charge in [-0.1, -0.05) is 0 Å². The molecule has 5 nitrogen and oxygen atoms in total. The molecular weight excluding hydrogens is 296 g/mol. The third-order valence-corrected chi connectivity index (χ3v) is 2.62. The number of nitrogens with zero attached hydrogens (tertiary/aromatic N) is 1. The third kappa shape index (κ3) is 5.01. The third-order valence-electron chi connectivity index (χ3n) is 2.62. The molecular formula is C12H12F4N2O3. The molecule has 0 fully saturated rings. The summed E-state index contributed by atoms with van der Waals surface area (Å²) >= 11 is 0. The maximum Gasteiger partial charge on any atom is 0.389 e. The quantitative estimate of drug-likeness (QED) is 0.393. The van der Waals surface area contributed by atoms with Gasteiger partial charge in [-0.25, -0.2) is 4.39 Å². The van der Waals surface area contributed by atoms with Crippen molar-refractivity contribution in [3.8, 4) is 0 Å². The number of aryl methyl sites for hydroxylation is 1. The number of nitrogens with one attached hydrogen (secondary N) is 1. The van der Waals surface area contributed by atoms with Crippen LogP contribution in [0.25, 0.3) is 0 Å². The maximum absolute atomic E-state index is 13.7. The van der Waals surface area contributed by atoms with Crippen molar-refractivity contribution in [3.63, 3.8) is 0 Å². The number of halogens is 4. The van der Waals surface area contributed by atoms with Crippen molar-refractivity contribution in [2.75, 3.05) is 6.54 Å². The summed E-state index contributed by atoms with van der Waals surface area (Å²) in [7, 11) is 0. The van der Waals surface area contributed by atoms with E-state index in [1.54, 1.807) is 0 Å². The molecule has 1 amide bonds. The molecule has 0 atom stereocenters. The van der Waals surface area contributed by atoms with E-state index >= 15 is 0 Å². The lowest BCUT2D eigenvalue weighted by molar-refractivity contribution is -0.385. The molecule has 1 N–H and O–H groups in total. The van der Waals surface area contributed by atoms with Crippen LogP contribution in [0.15, 0.2) is 12.1 Å². The minimum atomic E-state index is -4.34. The second kappa shape index (κ2) is 6.51. The molecule has 116 valence electrons. The first-order valence-corrected chi connectivity index (χ1v) is 5.91. The van der Waals surface area contributed by atoms with E-state index in [0.717, 1.165) is 12.1 Å². The van der Waals surface area contributed by atoms with Crippen LogP contribution in [0.5, 0.6) is 0 Å². The molecule has 1 aromatic rings. The molecule has 0 saturated carbocycles. The summed E-state index contributed by atoms with van der Waals surface area (Å²) in [5.74, 6) is -1.92. The molecule has 0 heterocycles. The molecule has 9 heteroatoms. The van der Waals surface area contributed by atoms with E-state index in [1.165, 1.54) is 6.92 Å². The number of rotatable bonds is 5. The van der Waals surface area contributed by atoms with E-state index in [4.69, 9.17) is 0 Å². The number of nitro groups is 1. The van der Waals surface area contributed by atoms with E-state index in [-0.39, 0.29) is 18.5 Å². The van der Waals surface area contributed by atoms with Crippen LogP contribution < -0.4 is 5.32 Å². The van der Waals surface area contributed by atoms with Gasteiger partial charge in [-0.3, -0.25) is 14.9 Å². The Balaban J connectivity index is 2.76. The molecule has 21 heavy (non-hydrogen) atoms. The molecule has 0 saturated heterocycles. The Morgan fingerprint density at radius 2 is 2.00 bits per heavy atom. The smallest absolute Gasteiger partial charge is 0.352 e. The summed E-state index contributed by atoms with van der Waals surface area (Å²) in [4.78, 5) is 21.5. The number of carbonyl (C=O) groups is 1. The van der Waals surface area contributed by atoms with Crippen LogP contribution in [0.4, 0.5) is 23.2 Å². The van der Waals surface area contributed by atoms with Gasteiger partial charge in [0.25, 0.3) is 11.6 Å². The van der Waals surface area contributed by atoms with Crippen LogP contribution >= 0.6 is 0 Å². The fraction of sp³-hybridized carbons (Fsp3) is 0.417. The second-order valence-corrected chi connectivity index (χ2v) is 4.36. The summed E-state index contributed by atoms with van der Waals surface area (Å²) in [6.45, 7) is 0.947. The monoisotopic (exact) mass is 308 g/mol. The maximum atomic E-state index is 13.7. The number of nitro benzene ring substituents is 1. The highest BCUT2D eigenvalue weighted by Crippen LogP contribution is 2.22. The van der Waals surface area contributed by atoms with Crippen molar-refractivity contribution >= 4 is 11.6 Å². The van der Waals surface area contributed by atoms with Crippen LogP contribution in [0.3, 0.4) is 0 Å². The van der Waals surface area contributed by atoms with E-state index in [9.17, 15) is 32.5 Å². The van der Waals surface area contributed by atoms with Gasteiger partial charge in [0.2, 0.25) is 0 Å². The average Bonchev–Trinajstić information content (AvgIpc) is 2.36. The highest BCUT2D eigenvalue weighted by atomic mass is 19.4. The van der Waals surface area contributed by atoms with Crippen LogP contribution in [0, 0.1) is 22.9 Å². The van der Waals surface area contributed by atoms with Crippen molar-refractivity contribution in [2.24, 2.45) is 0 Å². The fourth-order valence-corrected chi connectivity index (χ4v) is 1.61. The van der Waals surface area contributed by atoms with E-state index in [0.29, 0.717) is 0 Å². The van der Waals surface area contributed by atoms with Gasteiger partial charge in [0.1, 0.15) is 5.82 Å². The molecule has 0 spiro atoms. The SMILES string of the molecule is Cc1cc([N+](=O)[O-])cc(C(=O)NCCCC(F)(F)F)c1F. The fourth-order valence-electron chi connectivity index (χ4n) is 1.61. The first-order valence-electron chi connectivity index (χ1n) is 5.91. The van der Waals surface area contributed by atoms with E-state index in [1.807, 2.05) is 0 Å². The zero-order valence-corrected chi connectivity index (χ0v) is 11.0. The topological polar surface area (TPSA) is 72.2 Å². The summed E-state index contributed by atoms with van der Waals surface area (Å²) in [5.41, 5.74) is -1.12. The number of non-ortho nitro benzene ring substituents is 1. The number of hydrogen-bond donors (Lipinski definition) is 1. The van der Waals surface area contributed by atoms with Crippen molar-refractivity contribution in [3.05, 3.63) is 39.2 Å². The average molecular weight is 308 g/mol. The standard InChI is InChI=1S/C12H12F4N2O3/c1-7-5-8(18(20)21)6-9(10(7)13)11(19)17-4-2-3-12(14,15)16/h5-6H,2-4H2,1H3,(H,17,19). The highest BCUT2D eigenvalue weighted by Gasteiger charge is 2.26. The predicted molar refractivity (Wildman–Crippen MR) is 65.4 cm³/mol. The first-order chi connectivity index (χ1) is 9.61. The number of carbonyl (C=O) groups excluding carboxylic acids is 1. The van der Waals surface area contributed by atoms with Gasteiger partial charge in [0.05, 0.1) is 10.5 Å². The molecule has 0 aliphatic rings. The summed E-state index contributed by atoms with van der Waals surface area (Å²) in [6.07, 6.45) is -5.77. The van der Waals surface area contributed by atoms with Gasteiger partial charge in [-0.15, -0.1) is 0 Å². The molecule has 0 aliphatic carbocycles. The number of amides is 1. The van der Waals surface area contributed by atoms with E-state index in [2.05, 4.69) is 5.32 Å². The molecule has 0 unspecified atom stereocenters. The van der Waals surface area contributed by atoms with Crippen molar-refractivity contribution in [1.29, 1.82) is 0 Å². The number of benzene rings is 1. The van der Waals surface area contributed by atoms with Gasteiger partial charge in [-0.05, 0) is 18.9 Å². The molecule has 1 rings (SSSR count). The molecule has 0 radical (unpaired) electrons. The lowest BCUT2D eigenvalue weighted by Crippen LogP contribution is -2.26. The van der Waals surface area contributed by atoms with Gasteiger partial charge in [0, 0.05) is 25.1 Å². The minimum Gasteiger partial charge on any atom is -0.352 e. The van der Waals surface area contributed by atoms with Gasteiger partial charge in [0.15, 0.2) is 0 Å². The summed E-state index contributed by atoms with van der Waals surface area (Å²) < 4.78 is 49.5. The normalized spacial score (nSPS) is 11.3. The Bertz CT molecular complexity index is 558. The Hall–Kier alpha value is -2.19. The zero-order chi connectivity index (χ0) is 16.2. The molecule has 0 bridgehead atoms. The minimum absolute atomic E-state index is 0.0929. The Morgan fingerprint density at radius 3 is 2.52 bits per heavy atom. The van der Waals surface area contributed by atoms with Gasteiger partial charge >= 0.3 is 6.18 Å². The van der Waals surface area contributed by atoms with Crippen molar-refractivity contribution in [1.82, 2.24) is 5.32 Å². The van der Waals surface area contributed by atoms with Gasteiger partial charge in [-0.2, -0.15) is 13.2 Å². The molecule has 0 aliphatic heterocycles. The Kier molecular flexibility index (Phi) is 5.23. The highest BCUT2D eigenvalue weighted by molar-refractivity contribution is 5.95. The van der Waals surface area contributed by atoms with Gasteiger partial charge < -0.3 is 5.32 Å². The van der Waals surface area contributed by atoms with Crippen LogP contribution in [-0.4, -0.2) is 23.6 Å². The lowest BCUT2D eigenvalue weighted by atomic mass is 10.1. The molecule has 0 aromatic heterocycles. The lowest BCUT2D eigenvalue weighted by Gasteiger charge is -2.09. The predicted octanol–water partition coefficient (Wildman–Crippen LogP) is 3.11. The summed E-state index contributed by atoms with van der Waals surface area (Å²) in [5, 5.41) is 12.7. The molecule has 1 aromatic carbocycles. The zero-order valence-electron chi connectivity index (χ0n) is 11.0. The second-order valence-electron chi connectivity index (χ2n) is 4.36. The van der Waals surface area contributed by atoms with Crippen LogP contribution in [0.1, 0.15) is 28.8 Å². The largest absolute Gasteiger partial charge is 0.389 e. The first kappa shape index (κ1) is 16.9. The van der Waals surface area contributed by atoms with E-state index < -0.39 is 40.5 Å². The Labute approximate surface area is 117 Å².